The molecule has 0 aromatic carbocycles. The van der Waals surface area contributed by atoms with Crippen molar-refractivity contribution in [2.45, 2.75) is 24.9 Å². The molecule has 1 aliphatic heterocycles. The molecule has 1 saturated carbocycles. The van der Waals surface area contributed by atoms with Gasteiger partial charge in [-0.25, -0.2) is 4.98 Å². The maximum Gasteiger partial charge on any atom is 0.270 e. The van der Waals surface area contributed by atoms with Crippen LogP contribution in [0.1, 0.15) is 28.9 Å². The van der Waals surface area contributed by atoms with Crippen LogP contribution >= 0.6 is 0 Å². The van der Waals surface area contributed by atoms with E-state index in [1.165, 1.54) is 0 Å². The number of terminal acetylenes is 1. The van der Waals surface area contributed by atoms with E-state index in [-0.39, 0.29) is 11.9 Å². The minimum Gasteiger partial charge on any atom is -0.346 e. The van der Waals surface area contributed by atoms with Gasteiger partial charge in [-0.3, -0.25) is 4.79 Å². The van der Waals surface area contributed by atoms with Gasteiger partial charge in [-0.05, 0) is 37.4 Å². The Balaban J connectivity index is 1.58. The molecule has 1 amide bonds. The second kappa shape index (κ2) is 4.61. The van der Waals surface area contributed by atoms with Crippen LogP contribution in [0.4, 0.5) is 0 Å². The highest BCUT2D eigenvalue weighted by atomic mass is 16.2. The van der Waals surface area contributed by atoms with Crippen LogP contribution in [0.5, 0.6) is 0 Å². The molecule has 2 aromatic heterocycles. The maximum atomic E-state index is 12.4. The van der Waals surface area contributed by atoms with E-state index in [4.69, 9.17) is 6.42 Å². The van der Waals surface area contributed by atoms with Gasteiger partial charge in [0.25, 0.3) is 5.91 Å². The van der Waals surface area contributed by atoms with Gasteiger partial charge < -0.3 is 15.0 Å². The number of nitrogens with zero attached hydrogens (tertiary/aromatic N) is 2. The molecular formula is C16H16N4O. The van der Waals surface area contributed by atoms with Gasteiger partial charge in [0.05, 0.1) is 5.52 Å². The predicted octanol–water partition coefficient (Wildman–Crippen LogP) is 0.796. The number of rotatable bonds is 2. The minimum absolute atomic E-state index is 0.124. The number of aromatic nitrogens is 2. The first-order valence-electron chi connectivity index (χ1n) is 7.22. The topological polar surface area (TPSA) is 58.4 Å². The van der Waals surface area contributed by atoms with Crippen LogP contribution < -0.4 is 10.6 Å². The zero-order valence-electron chi connectivity index (χ0n) is 11.5. The van der Waals surface area contributed by atoms with Crippen LogP contribution in [0.2, 0.25) is 0 Å². The second-order valence-electron chi connectivity index (χ2n) is 5.87. The largest absolute Gasteiger partial charge is 0.346 e. The molecule has 1 aliphatic carbocycles. The van der Waals surface area contributed by atoms with Crippen LogP contribution in [0, 0.1) is 18.3 Å². The molecule has 3 unspecified atom stereocenters. The normalized spacial score (nSPS) is 26.9. The summed E-state index contributed by atoms with van der Waals surface area (Å²) in [6.45, 7) is 1.08. The second-order valence-corrected chi connectivity index (χ2v) is 5.87. The molecule has 0 radical (unpaired) electrons. The molecule has 5 heteroatoms. The van der Waals surface area contributed by atoms with E-state index in [0.29, 0.717) is 17.7 Å². The number of hydrogen-bond donors (Lipinski definition) is 2. The SMILES string of the molecule is C#Cc1ccn2cnc(C(=O)NC3CC4CNC3C4)cc12. The first-order chi connectivity index (χ1) is 10.2. The summed E-state index contributed by atoms with van der Waals surface area (Å²) in [5, 5.41) is 6.54. The van der Waals surface area contributed by atoms with Crippen LogP contribution in [-0.4, -0.2) is 33.9 Å². The average Bonchev–Trinajstić information content (AvgIpc) is 3.21. The van der Waals surface area contributed by atoms with Crippen LogP contribution in [0.3, 0.4) is 0 Å². The van der Waals surface area contributed by atoms with Gasteiger partial charge in [0, 0.05) is 23.8 Å². The molecule has 2 aromatic rings. The number of hydrogen-bond acceptors (Lipinski definition) is 3. The smallest absolute Gasteiger partial charge is 0.270 e. The summed E-state index contributed by atoms with van der Waals surface area (Å²) < 4.78 is 1.82. The molecule has 106 valence electrons. The van der Waals surface area contributed by atoms with Crippen molar-refractivity contribution in [3.63, 3.8) is 0 Å². The van der Waals surface area contributed by atoms with Gasteiger partial charge in [-0.2, -0.15) is 0 Å². The van der Waals surface area contributed by atoms with Crippen molar-refractivity contribution in [3.05, 3.63) is 35.9 Å². The third kappa shape index (κ3) is 1.99. The highest BCUT2D eigenvalue weighted by molar-refractivity contribution is 5.94. The summed E-state index contributed by atoms with van der Waals surface area (Å²) in [6.07, 6.45) is 11.2. The lowest BCUT2D eigenvalue weighted by Crippen LogP contribution is -2.48. The molecule has 2 N–H and O–H groups in total. The van der Waals surface area contributed by atoms with Crippen molar-refractivity contribution in [3.8, 4) is 12.3 Å². The maximum absolute atomic E-state index is 12.4. The number of carbonyl (C=O) groups excluding carboxylic acids is 1. The quantitative estimate of drug-likeness (QED) is 0.800. The van der Waals surface area contributed by atoms with Gasteiger partial charge in [-0.15, -0.1) is 6.42 Å². The lowest BCUT2D eigenvalue weighted by Gasteiger charge is -2.23. The van der Waals surface area contributed by atoms with Crippen LogP contribution in [-0.2, 0) is 0 Å². The van der Waals surface area contributed by atoms with E-state index in [1.54, 1.807) is 12.4 Å². The summed E-state index contributed by atoms with van der Waals surface area (Å²) in [6, 6.07) is 4.23. The van der Waals surface area contributed by atoms with E-state index in [1.807, 2.05) is 16.7 Å². The fourth-order valence-electron chi connectivity index (χ4n) is 3.51. The van der Waals surface area contributed by atoms with Crippen LogP contribution in [0.25, 0.3) is 5.52 Å². The first-order valence-corrected chi connectivity index (χ1v) is 7.22. The Morgan fingerprint density at radius 1 is 1.52 bits per heavy atom. The van der Waals surface area contributed by atoms with Gasteiger partial charge in [0.15, 0.2) is 0 Å². The predicted molar refractivity (Wildman–Crippen MR) is 78.9 cm³/mol. The van der Waals surface area contributed by atoms with E-state index >= 15 is 0 Å². The molecule has 0 spiro atoms. The highest BCUT2D eigenvalue weighted by Gasteiger charge is 2.40. The first kappa shape index (κ1) is 12.4. The average molecular weight is 280 g/mol. The Bertz CT molecular complexity index is 757. The summed E-state index contributed by atoms with van der Waals surface area (Å²) in [5.41, 5.74) is 2.03. The molecule has 2 bridgehead atoms. The Morgan fingerprint density at radius 3 is 3.14 bits per heavy atom. The third-order valence-electron chi connectivity index (χ3n) is 4.58. The molecule has 3 heterocycles. The summed E-state index contributed by atoms with van der Waals surface area (Å²) in [4.78, 5) is 16.6. The minimum atomic E-state index is -0.124. The van der Waals surface area contributed by atoms with E-state index in [2.05, 4.69) is 21.5 Å². The van der Waals surface area contributed by atoms with Gasteiger partial charge in [0.1, 0.15) is 12.0 Å². The molecular weight excluding hydrogens is 264 g/mol. The van der Waals surface area contributed by atoms with Crippen molar-refractivity contribution in [1.82, 2.24) is 20.0 Å². The number of amides is 1. The monoisotopic (exact) mass is 280 g/mol. The Hall–Kier alpha value is -2.32. The Kier molecular flexibility index (Phi) is 2.72. The fourth-order valence-corrected chi connectivity index (χ4v) is 3.51. The molecule has 4 rings (SSSR count). The molecule has 2 aliphatic rings. The van der Waals surface area contributed by atoms with E-state index in [9.17, 15) is 4.79 Å². The molecule has 21 heavy (non-hydrogen) atoms. The lowest BCUT2D eigenvalue weighted by atomic mass is 10.1. The van der Waals surface area contributed by atoms with Crippen LogP contribution in [0.15, 0.2) is 24.7 Å². The van der Waals surface area contributed by atoms with Gasteiger partial charge in [0.2, 0.25) is 0 Å². The molecule has 1 saturated heterocycles. The zero-order valence-corrected chi connectivity index (χ0v) is 11.5. The van der Waals surface area contributed by atoms with Gasteiger partial charge >= 0.3 is 0 Å². The van der Waals surface area contributed by atoms with Crippen molar-refractivity contribution in [2.75, 3.05) is 6.54 Å². The highest BCUT2D eigenvalue weighted by Crippen LogP contribution is 2.31. The van der Waals surface area contributed by atoms with Crippen molar-refractivity contribution in [1.29, 1.82) is 0 Å². The number of carbonyl (C=O) groups is 1. The number of fused-ring (bicyclic) bond motifs is 3. The number of piperidine rings is 1. The molecule has 3 atom stereocenters. The summed E-state index contributed by atoms with van der Waals surface area (Å²) >= 11 is 0. The number of nitrogens with one attached hydrogen (secondary N) is 2. The Labute approximate surface area is 122 Å². The van der Waals surface area contributed by atoms with Crippen molar-refractivity contribution in [2.24, 2.45) is 5.92 Å². The van der Waals surface area contributed by atoms with E-state index < -0.39 is 0 Å². The van der Waals surface area contributed by atoms with Crippen molar-refractivity contribution < 1.29 is 4.79 Å². The van der Waals surface area contributed by atoms with Crippen molar-refractivity contribution >= 4 is 11.4 Å². The molecule has 2 fully saturated rings. The standard InChI is InChI=1S/C16H16N4O/c1-2-11-3-4-20-9-18-14(7-15(11)20)16(21)19-13-6-10-5-12(13)17-8-10/h1,3-4,7,9-10,12-13,17H,5-6,8H2,(H,19,21). The summed E-state index contributed by atoms with van der Waals surface area (Å²) in [7, 11) is 0. The van der Waals surface area contributed by atoms with Gasteiger partial charge in [-0.1, -0.05) is 5.92 Å². The lowest BCUT2D eigenvalue weighted by molar-refractivity contribution is 0.0923. The fraction of sp³-hybridized carbons (Fsp3) is 0.375. The molecule has 5 nitrogen and oxygen atoms in total. The third-order valence-corrected chi connectivity index (χ3v) is 4.58. The Morgan fingerprint density at radius 2 is 2.43 bits per heavy atom. The van der Waals surface area contributed by atoms with E-state index in [0.717, 1.165) is 30.5 Å². The zero-order chi connectivity index (χ0) is 14.4. The summed E-state index contributed by atoms with van der Waals surface area (Å²) in [5.74, 6) is 3.20.